The molecule has 66 valence electrons. The van der Waals surface area contributed by atoms with Crippen molar-refractivity contribution in [2.75, 3.05) is 0 Å². The van der Waals surface area contributed by atoms with Gasteiger partial charge in [0.1, 0.15) is 6.10 Å². The molecule has 3 heteroatoms. The number of rotatable bonds is 1. The Kier molecular flexibility index (Phi) is 2.63. The van der Waals surface area contributed by atoms with E-state index >= 15 is 0 Å². The van der Waals surface area contributed by atoms with Crippen LogP contribution in [0.4, 0.5) is 0 Å². The minimum Gasteiger partial charge on any atom is -0.458 e. The van der Waals surface area contributed by atoms with Crippen LogP contribution in [0.2, 0.25) is 0 Å². The molecular weight excluding hydrogens is 156 g/mol. The summed E-state index contributed by atoms with van der Waals surface area (Å²) in [5, 5.41) is 0. The van der Waals surface area contributed by atoms with Gasteiger partial charge in [0.25, 0.3) is 0 Å². The van der Waals surface area contributed by atoms with Crippen LogP contribution < -0.4 is 0 Å². The van der Waals surface area contributed by atoms with Crippen LogP contribution in [0.25, 0.3) is 0 Å². The van der Waals surface area contributed by atoms with Crippen molar-refractivity contribution in [3.8, 4) is 0 Å². The Morgan fingerprint density at radius 2 is 2.33 bits per heavy atom. The molecule has 0 N–H and O–H groups in total. The number of hydrogen-bond acceptors (Lipinski definition) is 3. The lowest BCUT2D eigenvalue weighted by atomic mass is 9.93. The lowest BCUT2D eigenvalue weighted by Gasteiger charge is -2.22. The van der Waals surface area contributed by atoms with E-state index < -0.39 is 0 Å². The number of esters is 1. The van der Waals surface area contributed by atoms with Gasteiger partial charge in [-0.25, -0.2) is 0 Å². The van der Waals surface area contributed by atoms with Crippen molar-refractivity contribution in [1.29, 1.82) is 0 Å². The molecule has 0 heterocycles. The first-order valence-corrected chi connectivity index (χ1v) is 3.98. The average molecular weight is 168 g/mol. The normalized spacial score (nSPS) is 28.7. The third kappa shape index (κ3) is 2.19. The van der Waals surface area contributed by atoms with Gasteiger partial charge >= 0.3 is 5.97 Å². The topological polar surface area (TPSA) is 43.4 Å². The third-order valence-corrected chi connectivity index (χ3v) is 1.86. The van der Waals surface area contributed by atoms with Crippen molar-refractivity contribution < 1.29 is 14.3 Å². The largest absolute Gasteiger partial charge is 0.458 e. The molecule has 0 aromatic carbocycles. The van der Waals surface area contributed by atoms with Crippen LogP contribution in [-0.2, 0) is 14.3 Å². The first-order chi connectivity index (χ1) is 5.59. The molecule has 0 amide bonds. The Morgan fingerprint density at radius 1 is 1.67 bits per heavy atom. The third-order valence-electron chi connectivity index (χ3n) is 1.86. The van der Waals surface area contributed by atoms with Gasteiger partial charge < -0.3 is 4.74 Å². The van der Waals surface area contributed by atoms with Crippen LogP contribution in [-0.4, -0.2) is 17.9 Å². The van der Waals surface area contributed by atoms with E-state index in [1.54, 1.807) is 6.08 Å². The molecule has 1 rings (SSSR count). The Bertz CT molecular complexity index is 230. The maximum absolute atomic E-state index is 10.9. The second-order valence-electron chi connectivity index (χ2n) is 3.08. The standard InChI is InChI=1S/C9H12O3/c1-6-5-8(11)3-4-9(6)12-7(2)10/h3-4,6,9H,5H2,1-2H3. The number of carbonyl (C=O) groups excluding carboxylic acids is 2. The van der Waals surface area contributed by atoms with Crippen LogP contribution in [0.3, 0.4) is 0 Å². The van der Waals surface area contributed by atoms with Crippen molar-refractivity contribution in [2.24, 2.45) is 5.92 Å². The van der Waals surface area contributed by atoms with E-state index in [1.165, 1.54) is 13.0 Å². The van der Waals surface area contributed by atoms with Gasteiger partial charge in [-0.05, 0) is 12.2 Å². The molecule has 0 spiro atoms. The summed E-state index contributed by atoms with van der Waals surface area (Å²) in [6.45, 7) is 3.27. The monoisotopic (exact) mass is 168 g/mol. The van der Waals surface area contributed by atoms with Crippen LogP contribution in [0, 0.1) is 5.92 Å². The van der Waals surface area contributed by atoms with E-state index in [4.69, 9.17) is 4.74 Å². The molecule has 0 aliphatic heterocycles. The highest BCUT2D eigenvalue weighted by atomic mass is 16.5. The fraction of sp³-hybridized carbons (Fsp3) is 0.556. The second-order valence-corrected chi connectivity index (χ2v) is 3.08. The Labute approximate surface area is 71.4 Å². The molecule has 0 fully saturated rings. The Morgan fingerprint density at radius 3 is 2.83 bits per heavy atom. The summed E-state index contributed by atoms with van der Waals surface area (Å²) in [5.74, 6) is -0.0943. The zero-order valence-electron chi connectivity index (χ0n) is 7.24. The highest BCUT2D eigenvalue weighted by Crippen LogP contribution is 2.18. The minimum absolute atomic E-state index is 0.103. The maximum Gasteiger partial charge on any atom is 0.303 e. The first-order valence-electron chi connectivity index (χ1n) is 3.98. The summed E-state index contributed by atoms with van der Waals surface area (Å²) < 4.78 is 4.97. The highest BCUT2D eigenvalue weighted by Gasteiger charge is 2.23. The summed E-state index contributed by atoms with van der Waals surface area (Å²) >= 11 is 0. The molecule has 0 saturated carbocycles. The van der Waals surface area contributed by atoms with E-state index in [0.717, 1.165) is 0 Å². The fourth-order valence-corrected chi connectivity index (χ4v) is 1.24. The molecule has 0 radical (unpaired) electrons. The van der Waals surface area contributed by atoms with E-state index in [-0.39, 0.29) is 23.8 Å². The number of carbonyl (C=O) groups is 2. The fourth-order valence-electron chi connectivity index (χ4n) is 1.24. The smallest absolute Gasteiger partial charge is 0.303 e. The second kappa shape index (κ2) is 3.52. The Balaban J connectivity index is 2.60. The summed E-state index contributed by atoms with van der Waals surface area (Å²) in [4.78, 5) is 21.5. The minimum atomic E-state index is -0.300. The molecule has 12 heavy (non-hydrogen) atoms. The van der Waals surface area contributed by atoms with Crippen LogP contribution in [0.1, 0.15) is 20.3 Å². The van der Waals surface area contributed by atoms with Gasteiger partial charge in [0.2, 0.25) is 0 Å². The molecular formula is C9H12O3. The molecule has 0 aromatic rings. The summed E-state index contributed by atoms with van der Waals surface area (Å²) in [6.07, 6.45) is 3.38. The van der Waals surface area contributed by atoms with Gasteiger partial charge in [-0.1, -0.05) is 6.92 Å². The Hall–Kier alpha value is -1.12. The zero-order valence-corrected chi connectivity index (χ0v) is 7.24. The quantitative estimate of drug-likeness (QED) is 0.550. The SMILES string of the molecule is CC(=O)OC1C=CC(=O)CC1C. The zero-order chi connectivity index (χ0) is 9.14. The molecule has 0 aromatic heterocycles. The first kappa shape index (κ1) is 8.97. The van der Waals surface area contributed by atoms with E-state index in [2.05, 4.69) is 0 Å². The summed E-state index contributed by atoms with van der Waals surface area (Å²) in [5.41, 5.74) is 0. The maximum atomic E-state index is 10.9. The van der Waals surface area contributed by atoms with E-state index in [9.17, 15) is 9.59 Å². The molecule has 1 aliphatic rings. The van der Waals surface area contributed by atoms with Crippen LogP contribution >= 0.6 is 0 Å². The number of allylic oxidation sites excluding steroid dienone is 1. The highest BCUT2D eigenvalue weighted by molar-refractivity contribution is 5.90. The van der Waals surface area contributed by atoms with Crippen molar-refractivity contribution in [3.63, 3.8) is 0 Å². The molecule has 0 saturated heterocycles. The number of ketones is 1. The van der Waals surface area contributed by atoms with Crippen LogP contribution in [0.5, 0.6) is 0 Å². The van der Waals surface area contributed by atoms with Crippen molar-refractivity contribution in [1.82, 2.24) is 0 Å². The number of hydrogen-bond donors (Lipinski definition) is 0. The van der Waals surface area contributed by atoms with E-state index in [1.807, 2.05) is 6.92 Å². The lowest BCUT2D eigenvalue weighted by molar-refractivity contribution is -0.147. The summed E-state index contributed by atoms with van der Waals surface area (Å²) in [6, 6.07) is 0. The van der Waals surface area contributed by atoms with E-state index in [0.29, 0.717) is 6.42 Å². The van der Waals surface area contributed by atoms with Crippen molar-refractivity contribution in [3.05, 3.63) is 12.2 Å². The van der Waals surface area contributed by atoms with Crippen molar-refractivity contribution in [2.45, 2.75) is 26.4 Å². The van der Waals surface area contributed by atoms with Gasteiger partial charge in [-0.15, -0.1) is 0 Å². The van der Waals surface area contributed by atoms with Gasteiger partial charge in [-0.3, -0.25) is 9.59 Å². The summed E-state index contributed by atoms with van der Waals surface area (Å²) in [7, 11) is 0. The molecule has 3 nitrogen and oxygen atoms in total. The lowest BCUT2D eigenvalue weighted by Crippen LogP contribution is -2.27. The van der Waals surface area contributed by atoms with Gasteiger partial charge in [0.15, 0.2) is 5.78 Å². The van der Waals surface area contributed by atoms with Gasteiger partial charge in [-0.2, -0.15) is 0 Å². The predicted molar refractivity (Wildman–Crippen MR) is 43.5 cm³/mol. The molecule has 0 bridgehead atoms. The molecule has 2 unspecified atom stereocenters. The number of ether oxygens (including phenoxy) is 1. The van der Waals surface area contributed by atoms with Crippen molar-refractivity contribution >= 4 is 11.8 Å². The predicted octanol–water partition coefficient (Wildman–Crippen LogP) is 1.08. The molecule has 2 atom stereocenters. The average Bonchev–Trinajstić information content (AvgIpc) is 1.94. The van der Waals surface area contributed by atoms with Crippen LogP contribution in [0.15, 0.2) is 12.2 Å². The molecule has 1 aliphatic carbocycles. The van der Waals surface area contributed by atoms with Gasteiger partial charge in [0.05, 0.1) is 0 Å². The van der Waals surface area contributed by atoms with Gasteiger partial charge in [0, 0.05) is 19.3 Å².